The number of halogens is 4. The second-order valence-corrected chi connectivity index (χ2v) is 6.92. The molecule has 1 aromatic rings. The molecule has 1 aliphatic heterocycles. The predicted octanol–water partition coefficient (Wildman–Crippen LogP) is 3.64. The number of guanidine groups is 1. The zero-order valence-electron chi connectivity index (χ0n) is 16.4. The molecule has 0 radical (unpaired) electrons. The van der Waals surface area contributed by atoms with Gasteiger partial charge in [0.25, 0.3) is 0 Å². The molecule has 0 amide bonds. The molecular weight excluding hydrogens is 484 g/mol. The Morgan fingerprint density at radius 1 is 1.18 bits per heavy atom. The highest BCUT2D eigenvalue weighted by atomic mass is 127. The lowest BCUT2D eigenvalue weighted by atomic mass is 9.99. The monoisotopic (exact) mass is 514 g/mol. The van der Waals surface area contributed by atoms with E-state index in [0.29, 0.717) is 12.5 Å². The summed E-state index contributed by atoms with van der Waals surface area (Å²) in [7, 11) is 1.71. The van der Waals surface area contributed by atoms with Gasteiger partial charge in [-0.3, -0.25) is 4.99 Å². The van der Waals surface area contributed by atoms with E-state index in [4.69, 9.17) is 4.74 Å². The molecule has 1 fully saturated rings. The van der Waals surface area contributed by atoms with E-state index >= 15 is 0 Å². The third kappa shape index (κ3) is 9.81. The Hall–Kier alpha value is -1.23. The van der Waals surface area contributed by atoms with E-state index in [0.717, 1.165) is 37.7 Å². The first-order chi connectivity index (χ1) is 12.9. The third-order valence-electron chi connectivity index (χ3n) is 4.61. The van der Waals surface area contributed by atoms with Crippen molar-refractivity contribution in [1.29, 1.82) is 0 Å². The Morgan fingerprint density at radius 3 is 2.39 bits per heavy atom. The van der Waals surface area contributed by atoms with E-state index in [2.05, 4.69) is 27.4 Å². The molecule has 0 bridgehead atoms. The quantitative estimate of drug-likeness (QED) is 0.332. The topological polar surface area (TPSA) is 48.9 Å². The second kappa shape index (κ2) is 12.4. The number of nitrogens with zero attached hydrogens (tertiary/aromatic N) is 2. The van der Waals surface area contributed by atoms with Gasteiger partial charge in [0.2, 0.25) is 0 Å². The maximum absolute atomic E-state index is 12.1. The number of alkyl halides is 3. The number of hydrogen-bond acceptors (Lipinski definition) is 3. The summed E-state index contributed by atoms with van der Waals surface area (Å²) >= 11 is 0. The van der Waals surface area contributed by atoms with Crippen molar-refractivity contribution in [2.24, 2.45) is 10.9 Å². The maximum atomic E-state index is 12.1. The Bertz CT molecular complexity index is 588. The number of benzene rings is 1. The average molecular weight is 514 g/mol. The average Bonchev–Trinajstić information content (AvgIpc) is 2.64. The molecule has 1 aliphatic rings. The molecular formula is C19H30F3IN4O. The number of nitrogens with one attached hydrogen (secondary N) is 2. The number of likely N-dealkylation sites (tertiary alicyclic amines) is 1. The highest BCUT2D eigenvalue weighted by molar-refractivity contribution is 14.0. The lowest BCUT2D eigenvalue weighted by Crippen LogP contribution is -2.43. The second-order valence-electron chi connectivity index (χ2n) is 6.92. The molecule has 0 saturated carbocycles. The number of rotatable bonds is 7. The van der Waals surface area contributed by atoms with Gasteiger partial charge in [0, 0.05) is 26.7 Å². The minimum absolute atomic E-state index is 0. The van der Waals surface area contributed by atoms with Crippen molar-refractivity contribution >= 4 is 29.9 Å². The smallest absolute Gasteiger partial charge is 0.422 e. The summed E-state index contributed by atoms with van der Waals surface area (Å²) in [6.45, 7) is 5.65. The van der Waals surface area contributed by atoms with Gasteiger partial charge in [-0.2, -0.15) is 13.2 Å². The highest BCUT2D eigenvalue weighted by Crippen LogP contribution is 2.19. The summed E-state index contributed by atoms with van der Waals surface area (Å²) in [5.41, 5.74) is 0.933. The Labute approximate surface area is 182 Å². The number of hydrogen-bond donors (Lipinski definition) is 2. The molecule has 2 N–H and O–H groups in total. The fourth-order valence-electron chi connectivity index (χ4n) is 2.89. The van der Waals surface area contributed by atoms with Gasteiger partial charge in [-0.05, 0) is 49.5 Å². The Kier molecular flexibility index (Phi) is 10.9. The lowest BCUT2D eigenvalue weighted by molar-refractivity contribution is -0.153. The first kappa shape index (κ1) is 24.8. The van der Waals surface area contributed by atoms with Crippen LogP contribution in [0.1, 0.15) is 25.3 Å². The van der Waals surface area contributed by atoms with Crippen molar-refractivity contribution in [2.45, 2.75) is 32.5 Å². The Balaban J connectivity index is 0.00000392. The molecule has 9 heteroatoms. The minimum Gasteiger partial charge on any atom is -0.484 e. The van der Waals surface area contributed by atoms with Gasteiger partial charge >= 0.3 is 6.18 Å². The molecule has 0 atom stereocenters. The number of piperidine rings is 1. The van der Waals surface area contributed by atoms with Gasteiger partial charge in [0.15, 0.2) is 12.6 Å². The van der Waals surface area contributed by atoms with Crippen molar-refractivity contribution in [3.8, 4) is 5.75 Å². The third-order valence-corrected chi connectivity index (χ3v) is 4.61. The van der Waals surface area contributed by atoms with E-state index in [1.165, 1.54) is 25.0 Å². The summed E-state index contributed by atoms with van der Waals surface area (Å²) in [6, 6.07) is 6.55. The number of ether oxygens (including phenoxy) is 1. The van der Waals surface area contributed by atoms with E-state index in [1.807, 2.05) is 0 Å². The van der Waals surface area contributed by atoms with Crippen LogP contribution < -0.4 is 15.4 Å². The molecule has 28 heavy (non-hydrogen) atoms. The summed E-state index contributed by atoms with van der Waals surface area (Å²) < 4.78 is 41.1. The van der Waals surface area contributed by atoms with Crippen LogP contribution in [0.15, 0.2) is 29.3 Å². The van der Waals surface area contributed by atoms with Crippen molar-refractivity contribution in [2.75, 3.05) is 39.8 Å². The van der Waals surface area contributed by atoms with E-state index < -0.39 is 12.8 Å². The predicted molar refractivity (Wildman–Crippen MR) is 116 cm³/mol. The van der Waals surface area contributed by atoms with Crippen LogP contribution in [-0.2, 0) is 6.54 Å². The summed E-state index contributed by atoms with van der Waals surface area (Å²) in [5.74, 6) is 1.74. The zero-order chi connectivity index (χ0) is 19.7. The first-order valence-electron chi connectivity index (χ1n) is 9.31. The molecule has 1 saturated heterocycles. The highest BCUT2D eigenvalue weighted by Gasteiger charge is 2.28. The lowest BCUT2D eigenvalue weighted by Gasteiger charge is -2.30. The van der Waals surface area contributed by atoms with Crippen molar-refractivity contribution in [1.82, 2.24) is 15.5 Å². The molecule has 0 spiro atoms. The van der Waals surface area contributed by atoms with Crippen molar-refractivity contribution in [3.05, 3.63) is 29.8 Å². The van der Waals surface area contributed by atoms with Gasteiger partial charge in [0.1, 0.15) is 5.75 Å². The zero-order valence-corrected chi connectivity index (χ0v) is 18.7. The van der Waals surface area contributed by atoms with E-state index in [1.54, 1.807) is 19.2 Å². The van der Waals surface area contributed by atoms with Gasteiger partial charge in [-0.1, -0.05) is 19.1 Å². The van der Waals surface area contributed by atoms with E-state index in [9.17, 15) is 13.2 Å². The van der Waals surface area contributed by atoms with Crippen LogP contribution in [0.4, 0.5) is 13.2 Å². The van der Waals surface area contributed by atoms with Crippen molar-refractivity contribution in [3.63, 3.8) is 0 Å². The van der Waals surface area contributed by atoms with E-state index in [-0.39, 0.29) is 29.7 Å². The van der Waals surface area contributed by atoms with Crippen molar-refractivity contribution < 1.29 is 17.9 Å². The first-order valence-corrected chi connectivity index (χ1v) is 9.31. The van der Waals surface area contributed by atoms with Gasteiger partial charge < -0.3 is 20.3 Å². The minimum atomic E-state index is -4.33. The molecule has 160 valence electrons. The molecule has 1 heterocycles. The summed E-state index contributed by atoms with van der Waals surface area (Å²) in [6.07, 6.45) is -1.81. The van der Waals surface area contributed by atoms with Gasteiger partial charge in [-0.15, -0.1) is 24.0 Å². The van der Waals surface area contributed by atoms with Crippen LogP contribution in [0.25, 0.3) is 0 Å². The fraction of sp³-hybridized carbons (Fsp3) is 0.632. The van der Waals surface area contributed by atoms with Crippen LogP contribution in [-0.4, -0.2) is 56.9 Å². The maximum Gasteiger partial charge on any atom is 0.422 e. The normalized spacial score (nSPS) is 16.4. The standard InChI is InChI=1S/C19H29F3N4O.HI/c1-15-7-10-26(11-8-15)12-9-24-18(23-2)25-13-16-3-5-17(6-4-16)27-14-19(20,21)22;/h3-6,15H,7-14H2,1-2H3,(H2,23,24,25);1H. The molecule has 2 rings (SSSR count). The molecule has 0 unspecified atom stereocenters. The van der Waals surface area contributed by atoms with Gasteiger partial charge in [0.05, 0.1) is 0 Å². The summed E-state index contributed by atoms with van der Waals surface area (Å²) in [5, 5.41) is 6.50. The van der Waals surface area contributed by atoms with Crippen LogP contribution >= 0.6 is 24.0 Å². The Morgan fingerprint density at radius 2 is 1.82 bits per heavy atom. The fourth-order valence-corrected chi connectivity index (χ4v) is 2.89. The largest absolute Gasteiger partial charge is 0.484 e. The van der Waals surface area contributed by atoms with Gasteiger partial charge in [-0.25, -0.2) is 0 Å². The summed E-state index contributed by atoms with van der Waals surface area (Å²) in [4.78, 5) is 6.66. The molecule has 5 nitrogen and oxygen atoms in total. The van der Waals surface area contributed by atoms with Crippen LogP contribution in [0.5, 0.6) is 5.75 Å². The van der Waals surface area contributed by atoms with Crippen LogP contribution in [0.2, 0.25) is 0 Å². The molecule has 0 aliphatic carbocycles. The van der Waals surface area contributed by atoms with Crippen LogP contribution in [0.3, 0.4) is 0 Å². The molecule has 1 aromatic carbocycles. The van der Waals surface area contributed by atoms with Crippen LogP contribution in [0, 0.1) is 5.92 Å². The SMILES string of the molecule is CN=C(NCCN1CCC(C)CC1)NCc1ccc(OCC(F)(F)F)cc1.I. The number of aliphatic imine (C=N–C) groups is 1. The molecule has 0 aromatic heterocycles.